The molecule has 0 fully saturated rings. The van der Waals surface area contributed by atoms with Crippen molar-refractivity contribution >= 4 is 11.4 Å². The number of fused-ring (bicyclic) bond motifs is 1. The van der Waals surface area contributed by atoms with Crippen LogP contribution in [0.15, 0.2) is 23.2 Å². The molecule has 15 heavy (non-hydrogen) atoms. The lowest BCUT2D eigenvalue weighted by molar-refractivity contribution is 0.432. The van der Waals surface area contributed by atoms with Crippen LogP contribution in [0.4, 0.5) is 5.69 Å². The second-order valence-electron chi connectivity index (χ2n) is 5.72. The molecule has 0 spiro atoms. The van der Waals surface area contributed by atoms with Crippen LogP contribution < -0.4 is 0 Å². The van der Waals surface area contributed by atoms with E-state index >= 15 is 0 Å². The summed E-state index contributed by atoms with van der Waals surface area (Å²) in [6, 6.07) is 6.54. The number of benzene rings is 1. The predicted octanol–water partition coefficient (Wildman–Crippen LogP) is 4.06. The standard InChI is InChI=1S/C14H19N/c1-10-5-6-13-11(7-10)8-12(15-13)9-14(2,3)4/h5-7H,8-9H2,1-4H3. The molecular weight excluding hydrogens is 182 g/mol. The van der Waals surface area contributed by atoms with Crippen LogP contribution in [0, 0.1) is 12.3 Å². The Morgan fingerprint density at radius 2 is 2.00 bits per heavy atom. The number of hydrogen-bond acceptors (Lipinski definition) is 1. The molecule has 0 aromatic heterocycles. The quantitative estimate of drug-likeness (QED) is 0.649. The van der Waals surface area contributed by atoms with Gasteiger partial charge in [-0.3, -0.25) is 4.99 Å². The first-order valence-electron chi connectivity index (χ1n) is 5.60. The first-order valence-corrected chi connectivity index (χ1v) is 5.60. The number of nitrogens with zero attached hydrogens (tertiary/aromatic N) is 1. The van der Waals surface area contributed by atoms with Crippen molar-refractivity contribution in [2.45, 2.75) is 40.5 Å². The lowest BCUT2D eigenvalue weighted by Crippen LogP contribution is -2.12. The monoisotopic (exact) mass is 201 g/mol. The van der Waals surface area contributed by atoms with Crippen LogP contribution in [-0.2, 0) is 6.42 Å². The van der Waals surface area contributed by atoms with E-state index in [1.165, 1.54) is 22.5 Å². The van der Waals surface area contributed by atoms with Gasteiger partial charge in [0.05, 0.1) is 5.69 Å². The third kappa shape index (κ3) is 2.47. The van der Waals surface area contributed by atoms with E-state index in [4.69, 9.17) is 4.99 Å². The van der Waals surface area contributed by atoms with Gasteiger partial charge in [0.15, 0.2) is 0 Å². The molecule has 0 unspecified atom stereocenters. The minimum absolute atomic E-state index is 0.343. The first kappa shape index (κ1) is 10.4. The maximum Gasteiger partial charge on any atom is 0.0665 e. The zero-order chi connectivity index (χ0) is 11.1. The summed E-state index contributed by atoms with van der Waals surface area (Å²) in [6.07, 6.45) is 2.15. The molecule has 1 aromatic rings. The van der Waals surface area contributed by atoms with Gasteiger partial charge in [0.25, 0.3) is 0 Å². The second-order valence-corrected chi connectivity index (χ2v) is 5.72. The molecule has 0 saturated carbocycles. The van der Waals surface area contributed by atoms with Crippen molar-refractivity contribution < 1.29 is 0 Å². The lowest BCUT2D eigenvalue weighted by Gasteiger charge is -2.17. The Hall–Kier alpha value is -1.11. The van der Waals surface area contributed by atoms with E-state index in [1.54, 1.807) is 0 Å². The summed E-state index contributed by atoms with van der Waals surface area (Å²) in [6.45, 7) is 8.94. The Bertz CT molecular complexity index is 408. The summed E-state index contributed by atoms with van der Waals surface area (Å²) in [5.74, 6) is 0. The second kappa shape index (κ2) is 3.48. The van der Waals surface area contributed by atoms with Crippen LogP contribution >= 0.6 is 0 Å². The van der Waals surface area contributed by atoms with Crippen LogP contribution in [-0.4, -0.2) is 5.71 Å². The Balaban J connectivity index is 2.19. The van der Waals surface area contributed by atoms with Gasteiger partial charge in [0.2, 0.25) is 0 Å². The van der Waals surface area contributed by atoms with Gasteiger partial charge in [-0.25, -0.2) is 0 Å². The van der Waals surface area contributed by atoms with Gasteiger partial charge in [-0.2, -0.15) is 0 Å². The van der Waals surface area contributed by atoms with Gasteiger partial charge in [0, 0.05) is 12.1 Å². The fourth-order valence-corrected chi connectivity index (χ4v) is 2.11. The molecule has 0 atom stereocenters. The number of rotatable bonds is 1. The SMILES string of the molecule is Cc1ccc2c(c1)CC(CC(C)(C)C)=N2. The summed E-state index contributed by atoms with van der Waals surface area (Å²) in [4.78, 5) is 4.69. The van der Waals surface area contributed by atoms with E-state index in [0.717, 1.165) is 12.8 Å². The van der Waals surface area contributed by atoms with Gasteiger partial charge in [-0.05, 0) is 30.4 Å². The van der Waals surface area contributed by atoms with E-state index in [1.807, 2.05) is 0 Å². The molecule has 0 saturated heterocycles. The van der Waals surface area contributed by atoms with Crippen molar-refractivity contribution in [3.8, 4) is 0 Å². The fraction of sp³-hybridized carbons (Fsp3) is 0.500. The zero-order valence-corrected chi connectivity index (χ0v) is 10.1. The highest BCUT2D eigenvalue weighted by molar-refractivity contribution is 5.94. The third-order valence-corrected chi connectivity index (χ3v) is 2.64. The first-order chi connectivity index (χ1) is 6.94. The average molecular weight is 201 g/mol. The Morgan fingerprint density at radius 3 is 2.67 bits per heavy atom. The van der Waals surface area contributed by atoms with Crippen molar-refractivity contribution in [1.82, 2.24) is 0 Å². The van der Waals surface area contributed by atoms with Crippen molar-refractivity contribution in [1.29, 1.82) is 0 Å². The predicted molar refractivity (Wildman–Crippen MR) is 66.1 cm³/mol. The van der Waals surface area contributed by atoms with Crippen LogP contribution in [0.3, 0.4) is 0 Å². The largest absolute Gasteiger partial charge is 0.257 e. The molecule has 1 aliphatic rings. The van der Waals surface area contributed by atoms with Gasteiger partial charge < -0.3 is 0 Å². The third-order valence-electron chi connectivity index (χ3n) is 2.64. The molecule has 0 bridgehead atoms. The topological polar surface area (TPSA) is 12.4 Å². The average Bonchev–Trinajstić information content (AvgIpc) is 2.42. The summed E-state index contributed by atoms with van der Waals surface area (Å²) in [5.41, 5.74) is 5.59. The molecule has 0 radical (unpaired) electrons. The molecule has 1 aromatic carbocycles. The number of aliphatic imine (C=N–C) groups is 1. The van der Waals surface area contributed by atoms with Crippen molar-refractivity contribution in [2.75, 3.05) is 0 Å². The van der Waals surface area contributed by atoms with Crippen LogP contribution in [0.5, 0.6) is 0 Å². The zero-order valence-electron chi connectivity index (χ0n) is 10.1. The molecule has 0 N–H and O–H groups in total. The molecule has 0 aliphatic carbocycles. The van der Waals surface area contributed by atoms with E-state index < -0.39 is 0 Å². The Morgan fingerprint density at radius 1 is 1.27 bits per heavy atom. The van der Waals surface area contributed by atoms with Crippen LogP contribution in [0.25, 0.3) is 0 Å². The summed E-state index contributed by atoms with van der Waals surface area (Å²) < 4.78 is 0. The van der Waals surface area contributed by atoms with Crippen LogP contribution in [0.1, 0.15) is 38.3 Å². The van der Waals surface area contributed by atoms with Gasteiger partial charge in [0.1, 0.15) is 0 Å². The molecule has 2 rings (SSSR count). The minimum atomic E-state index is 0.343. The molecule has 0 amide bonds. The van der Waals surface area contributed by atoms with Crippen molar-refractivity contribution in [3.05, 3.63) is 29.3 Å². The number of aryl methyl sites for hydroxylation is 1. The summed E-state index contributed by atoms with van der Waals surface area (Å²) in [5, 5.41) is 0. The molecule has 80 valence electrons. The Kier molecular flexibility index (Phi) is 2.41. The smallest absolute Gasteiger partial charge is 0.0665 e. The fourth-order valence-electron chi connectivity index (χ4n) is 2.11. The summed E-state index contributed by atoms with van der Waals surface area (Å²) in [7, 11) is 0. The van der Waals surface area contributed by atoms with E-state index in [-0.39, 0.29) is 0 Å². The highest BCUT2D eigenvalue weighted by Crippen LogP contribution is 2.31. The normalized spacial score (nSPS) is 15.1. The minimum Gasteiger partial charge on any atom is -0.257 e. The van der Waals surface area contributed by atoms with Crippen molar-refractivity contribution in [2.24, 2.45) is 10.4 Å². The highest BCUT2D eigenvalue weighted by atomic mass is 14.8. The van der Waals surface area contributed by atoms with E-state index in [0.29, 0.717) is 5.41 Å². The van der Waals surface area contributed by atoms with Gasteiger partial charge in [-0.15, -0.1) is 0 Å². The van der Waals surface area contributed by atoms with E-state index in [9.17, 15) is 0 Å². The van der Waals surface area contributed by atoms with Gasteiger partial charge >= 0.3 is 0 Å². The molecule has 1 heterocycles. The van der Waals surface area contributed by atoms with Crippen LogP contribution in [0.2, 0.25) is 0 Å². The molecule has 1 heteroatoms. The molecular formula is C14H19N. The van der Waals surface area contributed by atoms with Gasteiger partial charge in [-0.1, -0.05) is 38.5 Å². The molecule has 1 aliphatic heterocycles. The number of hydrogen-bond donors (Lipinski definition) is 0. The Labute approximate surface area is 92.2 Å². The van der Waals surface area contributed by atoms with Crippen molar-refractivity contribution in [3.63, 3.8) is 0 Å². The maximum atomic E-state index is 4.69. The lowest BCUT2D eigenvalue weighted by atomic mass is 9.88. The summed E-state index contributed by atoms with van der Waals surface area (Å²) >= 11 is 0. The molecule has 1 nitrogen and oxygen atoms in total. The van der Waals surface area contributed by atoms with E-state index in [2.05, 4.69) is 45.9 Å². The maximum absolute atomic E-state index is 4.69. The highest BCUT2D eigenvalue weighted by Gasteiger charge is 2.19.